The maximum absolute atomic E-state index is 13.9. The van der Waals surface area contributed by atoms with Gasteiger partial charge in [0.25, 0.3) is 0 Å². The highest BCUT2D eigenvalue weighted by Crippen LogP contribution is 2.29. The van der Waals surface area contributed by atoms with Crippen LogP contribution in [0.15, 0.2) is 85.5 Å². The summed E-state index contributed by atoms with van der Waals surface area (Å²) in [6.07, 6.45) is 7.29. The maximum Gasteiger partial charge on any atom is 0.236 e. The quantitative estimate of drug-likeness (QED) is 0.281. The SMILES string of the molecule is O=C(Cc1ccccc1)n1c2cncc(c2)c2cnc3[nH]nc(c4nc5c(ccnc5c5ccc1s5)[nH]4)c3c2. The molecule has 186 valence electrons. The van der Waals surface area contributed by atoms with Crippen molar-refractivity contribution in [3.63, 3.8) is 0 Å². The molecule has 7 aromatic heterocycles. The number of carbonyl (C=O) groups is 1. The van der Waals surface area contributed by atoms with Crippen molar-refractivity contribution in [1.29, 1.82) is 0 Å². The van der Waals surface area contributed by atoms with Gasteiger partial charge in [0, 0.05) is 29.4 Å². The van der Waals surface area contributed by atoms with Crippen LogP contribution in [0.1, 0.15) is 10.4 Å². The summed E-state index contributed by atoms with van der Waals surface area (Å²) in [5, 5.41) is 10.1. The molecule has 39 heavy (non-hydrogen) atoms. The van der Waals surface area contributed by atoms with Gasteiger partial charge in [-0.15, -0.1) is 11.3 Å². The molecule has 8 rings (SSSR count). The van der Waals surface area contributed by atoms with E-state index in [-0.39, 0.29) is 12.3 Å². The molecule has 0 amide bonds. The van der Waals surface area contributed by atoms with Gasteiger partial charge in [-0.2, -0.15) is 5.10 Å². The topological polar surface area (TPSA) is 118 Å². The molecule has 0 unspecified atom stereocenters. The highest BCUT2D eigenvalue weighted by atomic mass is 32.1. The first kappa shape index (κ1) is 21.8. The van der Waals surface area contributed by atoms with Gasteiger partial charge in [0.2, 0.25) is 5.91 Å². The predicted octanol–water partition coefficient (Wildman–Crippen LogP) is 6.11. The lowest BCUT2D eigenvalue weighted by Crippen LogP contribution is -2.14. The van der Waals surface area contributed by atoms with Gasteiger partial charge in [-0.25, -0.2) is 9.97 Å². The number of nitrogens with zero attached hydrogens (tertiary/aromatic N) is 6. The van der Waals surface area contributed by atoms with Gasteiger partial charge < -0.3 is 4.98 Å². The maximum atomic E-state index is 13.9. The largest absolute Gasteiger partial charge is 0.336 e. The number of rotatable bonds is 2. The molecule has 8 bridgehead atoms. The van der Waals surface area contributed by atoms with E-state index in [1.807, 2.05) is 60.7 Å². The molecule has 1 aromatic carbocycles. The van der Waals surface area contributed by atoms with Crippen molar-refractivity contribution >= 4 is 81.8 Å². The number of benzene rings is 1. The van der Waals surface area contributed by atoms with Crippen LogP contribution in [0.3, 0.4) is 0 Å². The van der Waals surface area contributed by atoms with Gasteiger partial charge in [-0.05, 0) is 35.9 Å². The van der Waals surface area contributed by atoms with E-state index in [9.17, 15) is 4.79 Å². The first-order valence-electron chi connectivity index (χ1n) is 12.3. The molecule has 0 aliphatic carbocycles. The van der Waals surface area contributed by atoms with Crippen LogP contribution in [0.5, 0.6) is 0 Å². The molecule has 0 aliphatic heterocycles. The van der Waals surface area contributed by atoms with Crippen molar-refractivity contribution < 1.29 is 4.79 Å². The van der Waals surface area contributed by atoms with E-state index in [0.29, 0.717) is 22.3 Å². The summed E-state index contributed by atoms with van der Waals surface area (Å²) in [5.74, 6) is -0.0585. The Morgan fingerprint density at radius 3 is 2.69 bits per heavy atom. The molecule has 9 nitrogen and oxygen atoms in total. The summed E-state index contributed by atoms with van der Waals surface area (Å²) < 4.78 is 2.64. The van der Waals surface area contributed by atoms with E-state index < -0.39 is 0 Å². The van der Waals surface area contributed by atoms with Crippen LogP contribution in [0, 0.1) is 0 Å². The fourth-order valence-electron chi connectivity index (χ4n) is 5.00. The smallest absolute Gasteiger partial charge is 0.236 e. The fraction of sp³-hybridized carbons (Fsp3) is 0.0345. The Morgan fingerprint density at radius 1 is 0.872 bits per heavy atom. The number of H-pyrrole nitrogens is 2. The number of hydrogen-bond donors (Lipinski definition) is 2. The molecule has 0 atom stereocenters. The van der Waals surface area contributed by atoms with Crippen LogP contribution in [0.4, 0.5) is 0 Å². The third-order valence-corrected chi connectivity index (χ3v) is 7.93. The minimum absolute atomic E-state index is 0.0585. The number of fused-ring (bicyclic) bond motifs is 9. The van der Waals surface area contributed by atoms with Crippen LogP contribution >= 0.6 is 11.3 Å². The number of hydrogen-bond acceptors (Lipinski definition) is 7. The molecule has 7 heterocycles. The van der Waals surface area contributed by atoms with Gasteiger partial charge in [0.05, 0.1) is 33.7 Å². The number of aromatic nitrogens is 8. The van der Waals surface area contributed by atoms with Crippen molar-refractivity contribution in [2.24, 2.45) is 0 Å². The zero-order chi connectivity index (χ0) is 25.9. The van der Waals surface area contributed by atoms with Crippen molar-refractivity contribution in [3.8, 4) is 0 Å². The average Bonchev–Trinajstić information content (AvgIpc) is 3.71. The molecule has 8 aromatic rings. The molecule has 0 aliphatic rings. The van der Waals surface area contributed by atoms with E-state index in [1.165, 1.54) is 11.3 Å². The van der Waals surface area contributed by atoms with Crippen molar-refractivity contribution in [1.82, 2.24) is 39.7 Å². The van der Waals surface area contributed by atoms with Crippen LogP contribution in [0.25, 0.3) is 64.6 Å². The third-order valence-electron chi connectivity index (χ3n) is 6.85. The minimum Gasteiger partial charge on any atom is -0.336 e. The molecule has 0 saturated heterocycles. The summed E-state index contributed by atoms with van der Waals surface area (Å²) in [6, 6.07) is 19.6. The van der Waals surface area contributed by atoms with E-state index in [4.69, 9.17) is 4.98 Å². The van der Waals surface area contributed by atoms with Crippen LogP contribution < -0.4 is 0 Å². The van der Waals surface area contributed by atoms with E-state index in [2.05, 4.69) is 30.1 Å². The second-order valence-corrected chi connectivity index (χ2v) is 10.4. The Balaban J connectivity index is 1.54. The van der Waals surface area contributed by atoms with Crippen LogP contribution in [-0.2, 0) is 6.42 Å². The lowest BCUT2D eigenvalue weighted by molar-refractivity contribution is 0.0924. The second kappa shape index (κ2) is 8.40. The zero-order valence-electron chi connectivity index (χ0n) is 20.3. The van der Waals surface area contributed by atoms with Gasteiger partial charge in [0.1, 0.15) is 21.4 Å². The summed E-state index contributed by atoms with van der Waals surface area (Å²) in [5.41, 5.74) is 5.90. The van der Waals surface area contributed by atoms with Gasteiger partial charge in [-0.1, -0.05) is 30.3 Å². The molecule has 0 saturated carbocycles. The van der Waals surface area contributed by atoms with Gasteiger partial charge in [-0.3, -0.25) is 24.4 Å². The summed E-state index contributed by atoms with van der Waals surface area (Å²) >= 11 is 1.49. The fourth-order valence-corrected chi connectivity index (χ4v) is 6.04. The van der Waals surface area contributed by atoms with Crippen molar-refractivity contribution in [2.45, 2.75) is 6.42 Å². The number of thiophene rings is 1. The van der Waals surface area contributed by atoms with E-state index >= 15 is 0 Å². The Bertz CT molecular complexity index is 2290. The normalized spacial score (nSPS) is 11.8. The van der Waals surface area contributed by atoms with Crippen LogP contribution in [-0.4, -0.2) is 45.6 Å². The molecule has 2 N–H and O–H groups in total. The van der Waals surface area contributed by atoms with Crippen molar-refractivity contribution in [3.05, 3.63) is 91.0 Å². The molecular weight excluding hydrogens is 508 g/mol. The summed E-state index contributed by atoms with van der Waals surface area (Å²) in [6.45, 7) is 0. The Hall–Kier alpha value is -5.22. The predicted molar refractivity (Wildman–Crippen MR) is 153 cm³/mol. The average molecular weight is 527 g/mol. The number of imidazole rings is 1. The number of pyridine rings is 3. The Labute approximate surface area is 223 Å². The highest BCUT2D eigenvalue weighted by Gasteiger charge is 2.14. The lowest BCUT2D eigenvalue weighted by atomic mass is 10.1. The molecule has 10 heteroatoms. The minimum atomic E-state index is -0.0585. The number of aromatic amines is 2. The van der Waals surface area contributed by atoms with Gasteiger partial charge in [0.15, 0.2) is 11.3 Å². The summed E-state index contributed by atoms with van der Waals surface area (Å²) in [7, 11) is 0. The Morgan fingerprint density at radius 2 is 1.77 bits per heavy atom. The second-order valence-electron chi connectivity index (χ2n) is 9.29. The standard InChI is InChI=1S/C29H18N8OS/c38-23(10-16-4-2-1-3-5-16)37-19-11-17(13-30-15-19)18-12-20-25(35-36-28(20)32-14-18)29-33-21-8-9-31-27(26(21)34-29)22-6-7-24(37)39-22/h1-9,11-15H,10H2,(H,33,34)(H,32,35,36). The van der Waals surface area contributed by atoms with E-state index in [0.717, 1.165) is 47.8 Å². The molecule has 0 radical (unpaired) electrons. The van der Waals surface area contributed by atoms with Gasteiger partial charge >= 0.3 is 0 Å². The zero-order valence-corrected chi connectivity index (χ0v) is 21.1. The first-order chi connectivity index (χ1) is 19.2. The number of nitrogens with one attached hydrogen (secondary N) is 2. The Kier molecular flexibility index (Phi) is 4.70. The molecular formula is C29H18N8OS. The monoisotopic (exact) mass is 526 g/mol. The van der Waals surface area contributed by atoms with Crippen molar-refractivity contribution in [2.75, 3.05) is 0 Å². The molecule has 0 spiro atoms. The number of carbonyl (C=O) groups excluding carboxylic acids is 1. The molecule has 0 fully saturated rings. The van der Waals surface area contributed by atoms with Crippen LogP contribution in [0.2, 0.25) is 0 Å². The summed E-state index contributed by atoms with van der Waals surface area (Å²) in [4.78, 5) is 36.8. The van der Waals surface area contributed by atoms with E-state index in [1.54, 1.807) is 29.4 Å². The first-order valence-corrected chi connectivity index (χ1v) is 13.1. The third kappa shape index (κ3) is 3.53. The lowest BCUT2D eigenvalue weighted by Gasteiger charge is -2.08. The highest BCUT2D eigenvalue weighted by molar-refractivity contribution is 7.24.